The third-order valence-electron chi connectivity index (χ3n) is 3.22. The van der Waals surface area contributed by atoms with Gasteiger partial charge in [-0.25, -0.2) is 0 Å². The number of nitrogens with zero attached hydrogens (tertiary/aromatic N) is 4. The van der Waals surface area contributed by atoms with Crippen LogP contribution in [0, 0.1) is 0 Å². The zero-order valence-electron chi connectivity index (χ0n) is 14.3. The van der Waals surface area contributed by atoms with Crippen LogP contribution in [0.15, 0.2) is 0 Å². The van der Waals surface area contributed by atoms with Crippen LogP contribution in [-0.4, -0.2) is 112 Å². The second kappa shape index (κ2) is 17.0. The molecule has 0 fully saturated rings. The average molecular weight is 373 g/mol. The number of hydrogen-bond donors (Lipinski definition) is 1. The van der Waals surface area contributed by atoms with Gasteiger partial charge in [-0.3, -0.25) is 4.90 Å². The summed E-state index contributed by atoms with van der Waals surface area (Å²) in [5.41, 5.74) is 0. The fourth-order valence-electron chi connectivity index (χ4n) is 1.78. The third-order valence-corrected chi connectivity index (χ3v) is 3.22. The fraction of sp³-hybridized carbons (Fsp3) is 1.00. The monoisotopic (exact) mass is 372 g/mol. The summed E-state index contributed by atoms with van der Waals surface area (Å²) in [7, 11) is 14.8. The molecule has 0 aromatic rings. The SMILES string of the molecule is CN(C)CCN(CCN(C)C)CCN(C)CCCO.[Cl][Cu]. The summed E-state index contributed by atoms with van der Waals surface area (Å²) < 4.78 is 0. The van der Waals surface area contributed by atoms with Gasteiger partial charge in [-0.05, 0) is 41.7 Å². The number of aliphatic hydroxyl groups is 1. The number of halogens is 1. The van der Waals surface area contributed by atoms with E-state index in [0.717, 1.165) is 52.2 Å². The van der Waals surface area contributed by atoms with E-state index >= 15 is 0 Å². The van der Waals surface area contributed by atoms with Gasteiger partial charge in [0.2, 0.25) is 0 Å². The molecule has 134 valence electrons. The standard InChI is InChI=1S/C14H34N4O.ClH.Cu/c1-15(2)8-11-18(12-9-16(3)4)13-10-17(5)7-6-14-19;;/h19H,6-14H2,1-5H3;1H;/q;;+1/p-1. The summed E-state index contributed by atoms with van der Waals surface area (Å²) in [6.07, 6.45) is 0.867. The van der Waals surface area contributed by atoms with Gasteiger partial charge in [0.05, 0.1) is 0 Å². The minimum absolute atomic E-state index is 0.287. The first-order valence-electron chi connectivity index (χ1n) is 7.38. The molecule has 0 saturated heterocycles. The number of rotatable bonds is 12. The molecule has 0 amide bonds. The zero-order valence-corrected chi connectivity index (χ0v) is 16.0. The van der Waals surface area contributed by atoms with Gasteiger partial charge in [-0.2, -0.15) is 0 Å². The van der Waals surface area contributed by atoms with Crippen molar-refractivity contribution in [3.8, 4) is 0 Å². The van der Waals surface area contributed by atoms with Crippen molar-refractivity contribution in [3.63, 3.8) is 0 Å². The molecular formula is C14H34ClCuN4O. The molecule has 0 aromatic heterocycles. The van der Waals surface area contributed by atoms with Crippen LogP contribution in [0.25, 0.3) is 0 Å². The predicted octanol–water partition coefficient (Wildman–Crippen LogP) is 0.413. The van der Waals surface area contributed by atoms with Gasteiger partial charge in [0.25, 0.3) is 0 Å². The van der Waals surface area contributed by atoms with Crippen molar-refractivity contribution < 1.29 is 20.2 Å². The number of likely N-dealkylation sites (N-methyl/N-ethyl adjacent to an activating group) is 3. The van der Waals surface area contributed by atoms with Crippen LogP contribution in [0.4, 0.5) is 0 Å². The van der Waals surface area contributed by atoms with Crippen LogP contribution in [0.3, 0.4) is 0 Å². The Balaban J connectivity index is 0. The van der Waals surface area contributed by atoms with Crippen molar-refractivity contribution >= 4 is 10.1 Å². The van der Waals surface area contributed by atoms with Crippen LogP contribution in [0.5, 0.6) is 0 Å². The first kappa shape index (κ1) is 23.9. The molecule has 0 rings (SSSR count). The maximum absolute atomic E-state index is 8.84. The molecule has 0 saturated carbocycles. The predicted molar refractivity (Wildman–Crippen MR) is 88.6 cm³/mol. The third kappa shape index (κ3) is 18.6. The molecular weight excluding hydrogens is 339 g/mol. The van der Waals surface area contributed by atoms with Crippen LogP contribution in [-0.2, 0) is 15.1 Å². The van der Waals surface area contributed by atoms with Crippen LogP contribution >= 0.6 is 10.1 Å². The van der Waals surface area contributed by atoms with E-state index in [-0.39, 0.29) is 6.61 Å². The number of hydrogen-bond acceptors (Lipinski definition) is 5. The van der Waals surface area contributed by atoms with Crippen LogP contribution in [0.2, 0.25) is 0 Å². The maximum atomic E-state index is 8.84. The van der Waals surface area contributed by atoms with Gasteiger partial charge < -0.3 is 19.8 Å². The summed E-state index contributed by atoms with van der Waals surface area (Å²) >= 11 is 3.66. The molecule has 0 bridgehead atoms. The molecule has 21 heavy (non-hydrogen) atoms. The first-order valence-corrected chi connectivity index (χ1v) is 8.68. The molecule has 0 aliphatic heterocycles. The molecule has 0 aliphatic carbocycles. The average Bonchev–Trinajstić information content (AvgIpc) is 2.45. The van der Waals surface area contributed by atoms with E-state index in [1.807, 2.05) is 0 Å². The van der Waals surface area contributed by atoms with E-state index in [0.29, 0.717) is 0 Å². The van der Waals surface area contributed by atoms with Crippen molar-refractivity contribution in [1.29, 1.82) is 0 Å². The van der Waals surface area contributed by atoms with Gasteiger partial charge >= 0.3 is 25.2 Å². The van der Waals surface area contributed by atoms with Crippen LogP contribution < -0.4 is 0 Å². The Morgan fingerprint density at radius 3 is 1.52 bits per heavy atom. The topological polar surface area (TPSA) is 33.2 Å². The summed E-state index contributed by atoms with van der Waals surface area (Å²) in [6.45, 7) is 7.89. The Labute approximate surface area is 144 Å². The summed E-state index contributed by atoms with van der Waals surface area (Å²) in [5.74, 6) is 0. The summed E-state index contributed by atoms with van der Waals surface area (Å²) in [6, 6.07) is 0. The first-order chi connectivity index (χ1) is 9.95. The van der Waals surface area contributed by atoms with Crippen molar-refractivity contribution in [2.75, 3.05) is 87.7 Å². The van der Waals surface area contributed by atoms with E-state index in [1.54, 1.807) is 0 Å². The van der Waals surface area contributed by atoms with Gasteiger partial charge in [-0.15, -0.1) is 0 Å². The molecule has 0 unspecified atom stereocenters. The normalized spacial score (nSPS) is 11.5. The van der Waals surface area contributed by atoms with Crippen molar-refractivity contribution in [2.24, 2.45) is 0 Å². The molecule has 0 aromatic carbocycles. The van der Waals surface area contributed by atoms with Gasteiger partial charge in [0.1, 0.15) is 0 Å². The quantitative estimate of drug-likeness (QED) is 0.501. The zero-order chi connectivity index (χ0) is 16.7. The molecule has 0 heterocycles. The van der Waals surface area contributed by atoms with E-state index in [9.17, 15) is 0 Å². The molecule has 0 atom stereocenters. The van der Waals surface area contributed by atoms with Crippen molar-refractivity contribution in [3.05, 3.63) is 0 Å². The van der Waals surface area contributed by atoms with Gasteiger partial charge in [0, 0.05) is 52.4 Å². The van der Waals surface area contributed by atoms with Gasteiger partial charge in [-0.1, -0.05) is 0 Å². The van der Waals surface area contributed by atoms with Crippen LogP contribution in [0.1, 0.15) is 6.42 Å². The number of aliphatic hydroxyl groups excluding tert-OH is 1. The van der Waals surface area contributed by atoms with E-state index in [1.165, 1.54) is 0 Å². The molecule has 0 spiro atoms. The van der Waals surface area contributed by atoms with Crippen molar-refractivity contribution in [2.45, 2.75) is 6.42 Å². The Morgan fingerprint density at radius 2 is 1.14 bits per heavy atom. The van der Waals surface area contributed by atoms with E-state index < -0.39 is 0 Å². The second-order valence-corrected chi connectivity index (χ2v) is 5.83. The van der Waals surface area contributed by atoms with Crippen molar-refractivity contribution in [1.82, 2.24) is 19.6 Å². The summed E-state index contributed by atoms with van der Waals surface area (Å²) in [4.78, 5) is 9.29. The molecule has 7 heteroatoms. The Morgan fingerprint density at radius 1 is 0.714 bits per heavy atom. The molecule has 1 N–H and O–H groups in total. The summed E-state index contributed by atoms with van der Waals surface area (Å²) in [5, 5.41) is 8.84. The Hall–Kier alpha value is 0.609. The van der Waals surface area contributed by atoms with Gasteiger partial charge in [0.15, 0.2) is 0 Å². The molecule has 0 radical (unpaired) electrons. The minimum atomic E-state index is 0.287. The fourth-order valence-corrected chi connectivity index (χ4v) is 1.78. The molecule has 0 aliphatic rings. The van der Waals surface area contributed by atoms with E-state index in [4.69, 9.17) is 5.11 Å². The Kier molecular flexibility index (Phi) is 19.3. The molecule has 5 nitrogen and oxygen atoms in total. The Bertz CT molecular complexity index is 199. The second-order valence-electron chi connectivity index (χ2n) is 5.83. The van der Waals surface area contributed by atoms with E-state index in [2.05, 4.69) is 80.0 Å².